The van der Waals surface area contributed by atoms with Crippen LogP contribution in [-0.4, -0.2) is 55.2 Å². The quantitative estimate of drug-likeness (QED) is 0.527. The molecule has 0 aromatic carbocycles. The van der Waals surface area contributed by atoms with E-state index in [2.05, 4.69) is 23.8 Å². The van der Waals surface area contributed by atoms with E-state index in [1.165, 1.54) is 38.5 Å². The molecular weight excluding hydrogens is 306 g/mol. The van der Waals surface area contributed by atoms with Crippen LogP contribution in [0.25, 0.3) is 0 Å². The molecule has 0 bridgehead atoms. The number of nitrogens with zero attached hydrogens (tertiary/aromatic N) is 1. The van der Waals surface area contributed by atoms with Gasteiger partial charge in [0.25, 0.3) is 0 Å². The highest BCUT2D eigenvalue weighted by atomic mass is 32.1. The monoisotopic (exact) mass is 339 g/mol. The summed E-state index contributed by atoms with van der Waals surface area (Å²) >= 11 is 4.82. The smallest absolute Gasteiger partial charge is 0.104 e. The lowest BCUT2D eigenvalue weighted by Crippen LogP contribution is -2.34. The first-order chi connectivity index (χ1) is 11.2. The van der Waals surface area contributed by atoms with Crippen LogP contribution in [-0.2, 0) is 4.74 Å². The largest absolute Gasteiger partial charge is 0.384 e. The van der Waals surface area contributed by atoms with Gasteiger partial charge in [0.05, 0.1) is 0 Å². The van der Waals surface area contributed by atoms with Crippen LogP contribution < -0.4 is 0 Å². The molecule has 23 heavy (non-hydrogen) atoms. The lowest BCUT2D eigenvalue weighted by Gasteiger charge is -2.31. The van der Waals surface area contributed by atoms with Crippen LogP contribution >= 0.6 is 12.6 Å². The van der Waals surface area contributed by atoms with Gasteiger partial charge in [-0.05, 0) is 44.6 Å². The minimum atomic E-state index is -0.0257. The Morgan fingerprint density at radius 3 is 2.57 bits per heavy atom. The number of ether oxygens (including phenoxy) is 1. The van der Waals surface area contributed by atoms with E-state index in [0.29, 0.717) is 11.2 Å². The Balaban J connectivity index is 1.71. The molecule has 2 rings (SSSR count). The third kappa shape index (κ3) is 7.47. The molecule has 1 heterocycles. The molecule has 2 aliphatic rings. The van der Waals surface area contributed by atoms with E-state index in [1.807, 2.05) is 0 Å². The van der Waals surface area contributed by atoms with E-state index in [1.54, 1.807) is 0 Å². The second-order valence-corrected chi connectivity index (χ2v) is 8.11. The molecule has 3 nitrogen and oxygen atoms in total. The van der Waals surface area contributed by atoms with Crippen molar-refractivity contribution in [1.29, 1.82) is 0 Å². The molecular formula is C19H33NO2S. The van der Waals surface area contributed by atoms with E-state index in [4.69, 9.17) is 22.5 Å². The van der Waals surface area contributed by atoms with Gasteiger partial charge in [-0.3, -0.25) is 0 Å². The highest BCUT2D eigenvalue weighted by Crippen LogP contribution is 2.33. The zero-order chi connectivity index (χ0) is 16.5. The zero-order valence-corrected chi connectivity index (χ0v) is 15.4. The molecule has 1 N–H and O–H groups in total. The number of aliphatic hydroxyl groups is 1. The molecule has 0 aromatic rings. The van der Waals surface area contributed by atoms with Crippen molar-refractivity contribution < 1.29 is 9.84 Å². The maximum Gasteiger partial charge on any atom is 0.104 e. The fourth-order valence-electron chi connectivity index (χ4n) is 3.74. The zero-order valence-electron chi connectivity index (χ0n) is 14.5. The summed E-state index contributed by atoms with van der Waals surface area (Å²) < 4.78 is 5.44. The van der Waals surface area contributed by atoms with Crippen molar-refractivity contribution in [3.8, 4) is 11.8 Å². The van der Waals surface area contributed by atoms with Crippen molar-refractivity contribution in [3.63, 3.8) is 0 Å². The molecule has 1 aliphatic carbocycles. The van der Waals surface area contributed by atoms with Crippen molar-refractivity contribution >= 4 is 12.6 Å². The maximum atomic E-state index is 8.97. The molecule has 1 saturated carbocycles. The maximum absolute atomic E-state index is 8.97. The highest BCUT2D eigenvalue weighted by molar-refractivity contribution is 7.81. The van der Waals surface area contributed by atoms with E-state index in [9.17, 15) is 0 Å². The standard InChI is InChI=1S/C19H33NO2S/c1-20(14-17-7-10-22-11-8-17)15-19(23)13-18(6-3-9-21)12-16-4-2-5-16/h16-19,21,23H,2,4-5,7-15H2,1H3. The minimum absolute atomic E-state index is 0.0257. The molecule has 4 heteroatoms. The molecule has 1 saturated heterocycles. The van der Waals surface area contributed by atoms with E-state index < -0.39 is 0 Å². The van der Waals surface area contributed by atoms with E-state index in [-0.39, 0.29) is 6.61 Å². The van der Waals surface area contributed by atoms with Gasteiger partial charge >= 0.3 is 0 Å². The minimum Gasteiger partial charge on any atom is -0.384 e. The molecule has 0 amide bonds. The molecule has 0 aromatic heterocycles. The van der Waals surface area contributed by atoms with Crippen LogP contribution in [0.3, 0.4) is 0 Å². The van der Waals surface area contributed by atoms with Gasteiger partial charge in [0.1, 0.15) is 6.61 Å². The van der Waals surface area contributed by atoms with E-state index in [0.717, 1.165) is 44.6 Å². The Kier molecular flexibility index (Phi) is 8.82. The summed E-state index contributed by atoms with van der Waals surface area (Å²) in [4.78, 5) is 2.42. The molecule has 2 fully saturated rings. The van der Waals surface area contributed by atoms with Crippen molar-refractivity contribution in [2.45, 2.75) is 50.2 Å². The Morgan fingerprint density at radius 1 is 1.22 bits per heavy atom. The average Bonchev–Trinajstić information content (AvgIpc) is 2.48. The Morgan fingerprint density at radius 2 is 1.96 bits per heavy atom. The predicted octanol–water partition coefficient (Wildman–Crippen LogP) is 2.84. The predicted molar refractivity (Wildman–Crippen MR) is 98.7 cm³/mol. The van der Waals surface area contributed by atoms with Gasteiger partial charge in [0.15, 0.2) is 0 Å². The fourth-order valence-corrected chi connectivity index (χ4v) is 4.28. The van der Waals surface area contributed by atoms with Crippen molar-refractivity contribution in [2.75, 3.05) is 40.0 Å². The summed E-state index contributed by atoms with van der Waals surface area (Å²) in [7, 11) is 2.21. The van der Waals surface area contributed by atoms with Crippen molar-refractivity contribution in [3.05, 3.63) is 0 Å². The molecule has 2 unspecified atom stereocenters. The second-order valence-electron chi connectivity index (χ2n) is 7.38. The number of thiol groups is 1. The highest BCUT2D eigenvalue weighted by Gasteiger charge is 2.23. The lowest BCUT2D eigenvalue weighted by molar-refractivity contribution is 0.0557. The van der Waals surface area contributed by atoms with Crippen molar-refractivity contribution in [2.24, 2.45) is 17.8 Å². The molecule has 2 atom stereocenters. The lowest BCUT2D eigenvalue weighted by atomic mass is 9.78. The van der Waals surface area contributed by atoms with Crippen LogP contribution in [0.2, 0.25) is 0 Å². The Hall–Kier alpha value is -0.210. The summed E-state index contributed by atoms with van der Waals surface area (Å²) in [5, 5.41) is 9.33. The summed E-state index contributed by atoms with van der Waals surface area (Å²) in [6.07, 6.45) is 8.69. The third-order valence-corrected chi connectivity index (χ3v) is 5.59. The van der Waals surface area contributed by atoms with E-state index >= 15 is 0 Å². The van der Waals surface area contributed by atoms with Gasteiger partial charge < -0.3 is 14.7 Å². The second kappa shape index (κ2) is 10.6. The first kappa shape index (κ1) is 19.1. The molecule has 1 aliphatic heterocycles. The average molecular weight is 340 g/mol. The van der Waals surface area contributed by atoms with Gasteiger partial charge in [-0.1, -0.05) is 31.1 Å². The summed E-state index contributed by atoms with van der Waals surface area (Å²) in [6, 6.07) is 0. The van der Waals surface area contributed by atoms with Crippen molar-refractivity contribution in [1.82, 2.24) is 4.90 Å². The topological polar surface area (TPSA) is 32.7 Å². The van der Waals surface area contributed by atoms with Crippen LogP contribution in [0.5, 0.6) is 0 Å². The number of hydrogen-bond donors (Lipinski definition) is 2. The summed E-state index contributed by atoms with van der Waals surface area (Å²) in [5.41, 5.74) is 0. The molecule has 132 valence electrons. The number of aliphatic hydroxyl groups excluding tert-OH is 1. The SMILES string of the molecule is CN(CC(S)CC(C#CCO)CC1CCC1)CC1CCOCC1. The first-order valence-corrected chi connectivity index (χ1v) is 9.72. The normalized spacial score (nSPS) is 22.3. The van der Waals surface area contributed by atoms with Gasteiger partial charge in [0.2, 0.25) is 0 Å². The van der Waals surface area contributed by atoms with Gasteiger partial charge in [0, 0.05) is 37.5 Å². The first-order valence-electron chi connectivity index (χ1n) is 9.21. The fraction of sp³-hybridized carbons (Fsp3) is 0.895. The van der Waals surface area contributed by atoms with Crippen LogP contribution in [0.1, 0.15) is 44.9 Å². The Labute approximate surface area is 147 Å². The number of hydrogen-bond acceptors (Lipinski definition) is 4. The summed E-state index contributed by atoms with van der Waals surface area (Å²) in [6.45, 7) is 3.98. The van der Waals surface area contributed by atoms with Gasteiger partial charge in [-0.15, -0.1) is 0 Å². The summed E-state index contributed by atoms with van der Waals surface area (Å²) in [5.74, 6) is 8.16. The third-order valence-electron chi connectivity index (χ3n) is 5.22. The van der Waals surface area contributed by atoms with Gasteiger partial charge in [-0.25, -0.2) is 0 Å². The van der Waals surface area contributed by atoms with Crippen LogP contribution in [0, 0.1) is 29.6 Å². The molecule has 0 spiro atoms. The Bertz CT molecular complexity index is 383. The van der Waals surface area contributed by atoms with Gasteiger partial charge in [-0.2, -0.15) is 12.6 Å². The van der Waals surface area contributed by atoms with Crippen LogP contribution in [0.4, 0.5) is 0 Å². The van der Waals surface area contributed by atoms with Crippen LogP contribution in [0.15, 0.2) is 0 Å². The molecule has 0 radical (unpaired) electrons. The number of rotatable bonds is 8.